The Kier molecular flexibility index (Phi) is 4.76. The Morgan fingerprint density at radius 1 is 1.47 bits per heavy atom. The molecule has 0 spiro atoms. The number of anilines is 1. The highest BCUT2D eigenvalue weighted by molar-refractivity contribution is 9.10. The molecule has 0 aliphatic heterocycles. The van der Waals surface area contributed by atoms with Gasteiger partial charge in [-0.25, -0.2) is 0 Å². The Labute approximate surface area is 101 Å². The quantitative estimate of drug-likeness (QED) is 0.859. The third kappa shape index (κ3) is 3.93. The van der Waals surface area contributed by atoms with Crippen LogP contribution in [0.4, 0.5) is 5.69 Å². The normalized spacial score (nSPS) is 13.1. The molecule has 84 valence electrons. The third-order valence-corrected chi connectivity index (χ3v) is 4.24. The lowest BCUT2D eigenvalue weighted by atomic mass is 10.3. The van der Waals surface area contributed by atoms with E-state index < -0.39 is 10.8 Å². The Morgan fingerprint density at radius 3 is 2.67 bits per heavy atom. The van der Waals surface area contributed by atoms with Gasteiger partial charge in [-0.05, 0) is 48.2 Å². The Bertz CT molecular complexity index is 368. The van der Waals surface area contributed by atoms with Crippen LogP contribution < -0.4 is 5.73 Å². The minimum absolute atomic E-state index is 0.634. The molecule has 1 atom stereocenters. The minimum Gasteiger partial charge on any atom is -0.399 e. The van der Waals surface area contributed by atoms with Gasteiger partial charge in [-0.2, -0.15) is 0 Å². The maximum absolute atomic E-state index is 11.9. The van der Waals surface area contributed by atoms with Gasteiger partial charge in [-0.3, -0.25) is 4.21 Å². The summed E-state index contributed by atoms with van der Waals surface area (Å²) < 4.78 is 12.7. The predicted molar refractivity (Wildman–Crippen MR) is 68.4 cm³/mol. The topological polar surface area (TPSA) is 46.3 Å². The van der Waals surface area contributed by atoms with Crippen molar-refractivity contribution in [2.24, 2.45) is 0 Å². The second-order valence-electron chi connectivity index (χ2n) is 3.54. The van der Waals surface area contributed by atoms with Gasteiger partial charge in [0.15, 0.2) is 0 Å². The van der Waals surface area contributed by atoms with Crippen LogP contribution in [0.1, 0.15) is 0 Å². The van der Waals surface area contributed by atoms with E-state index in [0.717, 1.165) is 15.9 Å². The molecule has 0 aliphatic carbocycles. The van der Waals surface area contributed by atoms with Gasteiger partial charge in [0.05, 0.1) is 15.7 Å². The maximum atomic E-state index is 11.9. The number of hydrogen-bond acceptors (Lipinski definition) is 3. The number of nitrogens with two attached hydrogens (primary N) is 1. The van der Waals surface area contributed by atoms with Crippen molar-refractivity contribution in [3.63, 3.8) is 0 Å². The first-order valence-corrected chi connectivity index (χ1v) is 6.70. The smallest absolute Gasteiger partial charge is 0.0553 e. The lowest BCUT2D eigenvalue weighted by Crippen LogP contribution is -2.19. The van der Waals surface area contributed by atoms with Crippen molar-refractivity contribution in [1.82, 2.24) is 4.90 Å². The first kappa shape index (κ1) is 12.7. The second-order valence-corrected chi connectivity index (χ2v) is 5.94. The molecule has 2 N–H and O–H groups in total. The zero-order chi connectivity index (χ0) is 11.4. The van der Waals surface area contributed by atoms with Crippen molar-refractivity contribution in [2.75, 3.05) is 32.1 Å². The molecule has 3 nitrogen and oxygen atoms in total. The van der Waals surface area contributed by atoms with Gasteiger partial charge in [0.1, 0.15) is 0 Å². The minimum atomic E-state index is -0.968. The molecular formula is C10H15BrN2OS. The summed E-state index contributed by atoms with van der Waals surface area (Å²) >= 11 is 3.37. The molecule has 0 bridgehead atoms. The summed E-state index contributed by atoms with van der Waals surface area (Å²) in [6, 6.07) is 5.36. The number of rotatable bonds is 4. The van der Waals surface area contributed by atoms with E-state index in [-0.39, 0.29) is 0 Å². The predicted octanol–water partition coefficient (Wildman–Crippen LogP) is 1.70. The molecule has 1 unspecified atom stereocenters. The standard InChI is InChI=1S/C10H15BrN2OS/c1-13(2)5-6-15(14)10-4-3-8(12)7-9(10)11/h3-4,7H,5-6,12H2,1-2H3. The van der Waals surface area contributed by atoms with Gasteiger partial charge in [-0.15, -0.1) is 0 Å². The molecule has 5 heteroatoms. The van der Waals surface area contributed by atoms with E-state index in [1.807, 2.05) is 25.1 Å². The molecule has 1 aromatic carbocycles. The van der Waals surface area contributed by atoms with Crippen LogP contribution in [0.25, 0.3) is 0 Å². The van der Waals surface area contributed by atoms with Gasteiger partial charge in [0.2, 0.25) is 0 Å². The van der Waals surface area contributed by atoms with Crippen LogP contribution in [0.2, 0.25) is 0 Å². The van der Waals surface area contributed by atoms with Crippen molar-refractivity contribution < 1.29 is 4.21 Å². The van der Waals surface area contributed by atoms with E-state index in [2.05, 4.69) is 15.9 Å². The lowest BCUT2D eigenvalue weighted by Gasteiger charge is -2.10. The fraction of sp³-hybridized carbons (Fsp3) is 0.400. The zero-order valence-electron chi connectivity index (χ0n) is 8.87. The van der Waals surface area contributed by atoms with Crippen LogP contribution in [-0.4, -0.2) is 35.5 Å². The third-order valence-electron chi connectivity index (χ3n) is 1.93. The van der Waals surface area contributed by atoms with Crippen LogP contribution in [0.5, 0.6) is 0 Å². The number of nitrogens with zero attached hydrogens (tertiary/aromatic N) is 1. The Morgan fingerprint density at radius 2 is 2.13 bits per heavy atom. The number of hydrogen-bond donors (Lipinski definition) is 1. The van der Waals surface area contributed by atoms with E-state index in [1.54, 1.807) is 12.1 Å². The average molecular weight is 291 g/mol. The van der Waals surface area contributed by atoms with Gasteiger partial charge in [0.25, 0.3) is 0 Å². The highest BCUT2D eigenvalue weighted by Gasteiger charge is 2.08. The number of benzene rings is 1. The van der Waals surface area contributed by atoms with Gasteiger partial charge >= 0.3 is 0 Å². The Balaban J connectivity index is 2.74. The van der Waals surface area contributed by atoms with E-state index in [1.165, 1.54) is 0 Å². The first-order chi connectivity index (χ1) is 7.00. The molecule has 0 fully saturated rings. The molecule has 15 heavy (non-hydrogen) atoms. The van der Waals surface area contributed by atoms with E-state index in [9.17, 15) is 4.21 Å². The summed E-state index contributed by atoms with van der Waals surface area (Å²) in [5.41, 5.74) is 6.29. The molecule has 1 rings (SSSR count). The van der Waals surface area contributed by atoms with Crippen LogP contribution in [0.15, 0.2) is 27.6 Å². The molecule has 0 amide bonds. The van der Waals surface area contributed by atoms with Crippen molar-refractivity contribution in [2.45, 2.75) is 4.90 Å². The largest absolute Gasteiger partial charge is 0.399 e. The van der Waals surface area contributed by atoms with Crippen molar-refractivity contribution in [3.05, 3.63) is 22.7 Å². The van der Waals surface area contributed by atoms with E-state index >= 15 is 0 Å². The summed E-state index contributed by atoms with van der Waals surface area (Å²) in [4.78, 5) is 2.83. The van der Waals surface area contributed by atoms with Crippen LogP contribution in [0, 0.1) is 0 Å². The number of nitrogen functional groups attached to an aromatic ring is 1. The molecule has 0 aromatic heterocycles. The summed E-state index contributed by atoms with van der Waals surface area (Å²) in [5.74, 6) is 0.634. The summed E-state index contributed by atoms with van der Waals surface area (Å²) in [6.07, 6.45) is 0. The Hall–Kier alpha value is -0.390. The van der Waals surface area contributed by atoms with Crippen LogP contribution in [0.3, 0.4) is 0 Å². The molecule has 0 aliphatic rings. The van der Waals surface area contributed by atoms with Crippen LogP contribution in [-0.2, 0) is 10.8 Å². The van der Waals surface area contributed by atoms with Gasteiger partial charge in [0, 0.05) is 22.5 Å². The van der Waals surface area contributed by atoms with Gasteiger partial charge < -0.3 is 10.6 Å². The van der Waals surface area contributed by atoms with E-state index in [0.29, 0.717) is 11.4 Å². The van der Waals surface area contributed by atoms with Crippen molar-refractivity contribution >= 4 is 32.4 Å². The molecule has 0 radical (unpaired) electrons. The molecule has 1 aromatic rings. The summed E-state index contributed by atoms with van der Waals surface area (Å²) in [6.45, 7) is 0.809. The average Bonchev–Trinajstić information content (AvgIpc) is 2.14. The second kappa shape index (κ2) is 5.63. The lowest BCUT2D eigenvalue weighted by molar-refractivity contribution is 0.435. The highest BCUT2D eigenvalue weighted by atomic mass is 79.9. The SMILES string of the molecule is CN(C)CCS(=O)c1ccc(N)cc1Br. The highest BCUT2D eigenvalue weighted by Crippen LogP contribution is 2.23. The first-order valence-electron chi connectivity index (χ1n) is 4.59. The molecule has 0 saturated carbocycles. The molecule has 0 heterocycles. The van der Waals surface area contributed by atoms with E-state index in [4.69, 9.17) is 5.73 Å². The zero-order valence-corrected chi connectivity index (χ0v) is 11.3. The summed E-state index contributed by atoms with van der Waals surface area (Å²) in [5, 5.41) is 0. The maximum Gasteiger partial charge on any atom is 0.0553 e. The number of halogens is 1. The van der Waals surface area contributed by atoms with Crippen molar-refractivity contribution in [3.8, 4) is 0 Å². The molecular weight excluding hydrogens is 276 g/mol. The fourth-order valence-electron chi connectivity index (χ4n) is 1.08. The summed E-state index contributed by atoms with van der Waals surface area (Å²) in [7, 11) is 2.97. The molecule has 0 saturated heterocycles. The van der Waals surface area contributed by atoms with Crippen LogP contribution >= 0.6 is 15.9 Å². The fourth-order valence-corrected chi connectivity index (χ4v) is 3.26. The monoisotopic (exact) mass is 290 g/mol. The van der Waals surface area contributed by atoms with Gasteiger partial charge in [-0.1, -0.05) is 0 Å². The van der Waals surface area contributed by atoms with Crippen molar-refractivity contribution in [1.29, 1.82) is 0 Å².